The Labute approximate surface area is 55.8 Å². The van der Waals surface area contributed by atoms with Crippen LogP contribution in [0.3, 0.4) is 0 Å². The zero-order chi connectivity index (χ0) is 6.85. The smallest absolute Gasteiger partial charge is 0.136 e. The summed E-state index contributed by atoms with van der Waals surface area (Å²) < 4.78 is 0. The maximum atomic E-state index is 10.9. The molecule has 1 nitrogen and oxygen atoms in total. The molecule has 0 radical (unpaired) electrons. The standard InChI is InChI=1S/C8H12O/c1-3-7-4-5-8(9)6(7)2/h3,6-7H,1,4-5H2,2H3/t6?,7-/m1/s1. The predicted octanol–water partition coefficient (Wildman–Crippen LogP) is 1.79. The molecule has 0 amide bonds. The Hall–Kier alpha value is -0.590. The van der Waals surface area contributed by atoms with Crippen molar-refractivity contribution in [2.24, 2.45) is 11.8 Å². The Balaban J connectivity index is 2.61. The number of ketones is 1. The van der Waals surface area contributed by atoms with E-state index >= 15 is 0 Å². The number of rotatable bonds is 1. The molecule has 50 valence electrons. The van der Waals surface area contributed by atoms with Gasteiger partial charge in [-0.2, -0.15) is 0 Å². The summed E-state index contributed by atoms with van der Waals surface area (Å²) in [5, 5.41) is 0. The lowest BCUT2D eigenvalue weighted by Crippen LogP contribution is -2.07. The van der Waals surface area contributed by atoms with Crippen LogP contribution in [0.1, 0.15) is 19.8 Å². The van der Waals surface area contributed by atoms with Crippen molar-refractivity contribution >= 4 is 5.78 Å². The second-order valence-corrected chi connectivity index (χ2v) is 2.69. The van der Waals surface area contributed by atoms with Crippen LogP contribution in [0.4, 0.5) is 0 Å². The lowest BCUT2D eigenvalue weighted by Gasteiger charge is -2.05. The van der Waals surface area contributed by atoms with Gasteiger partial charge in [-0.05, 0) is 12.3 Å². The Morgan fingerprint density at radius 1 is 1.78 bits per heavy atom. The molecule has 1 saturated carbocycles. The van der Waals surface area contributed by atoms with Gasteiger partial charge in [0.2, 0.25) is 0 Å². The van der Waals surface area contributed by atoms with Crippen LogP contribution in [0.25, 0.3) is 0 Å². The van der Waals surface area contributed by atoms with Crippen LogP contribution in [0, 0.1) is 11.8 Å². The minimum absolute atomic E-state index is 0.238. The highest BCUT2D eigenvalue weighted by molar-refractivity contribution is 5.83. The molecule has 0 N–H and O–H groups in total. The van der Waals surface area contributed by atoms with Gasteiger partial charge in [-0.25, -0.2) is 0 Å². The first-order valence-corrected chi connectivity index (χ1v) is 3.41. The van der Waals surface area contributed by atoms with Gasteiger partial charge in [-0.15, -0.1) is 6.58 Å². The van der Waals surface area contributed by atoms with Gasteiger partial charge in [-0.1, -0.05) is 13.0 Å². The van der Waals surface area contributed by atoms with Crippen LogP contribution in [-0.4, -0.2) is 5.78 Å². The van der Waals surface area contributed by atoms with Crippen molar-refractivity contribution in [3.8, 4) is 0 Å². The third-order valence-electron chi connectivity index (χ3n) is 2.18. The minimum Gasteiger partial charge on any atom is -0.299 e. The molecule has 1 fully saturated rings. The van der Waals surface area contributed by atoms with Gasteiger partial charge in [0.25, 0.3) is 0 Å². The molecule has 1 unspecified atom stereocenters. The number of hydrogen-bond donors (Lipinski definition) is 0. The van der Waals surface area contributed by atoms with E-state index in [1.165, 1.54) is 0 Å². The fraction of sp³-hybridized carbons (Fsp3) is 0.625. The van der Waals surface area contributed by atoms with Crippen LogP contribution in [0.5, 0.6) is 0 Å². The maximum absolute atomic E-state index is 10.9. The van der Waals surface area contributed by atoms with Gasteiger partial charge in [0.05, 0.1) is 0 Å². The van der Waals surface area contributed by atoms with Gasteiger partial charge in [0.1, 0.15) is 5.78 Å². The second-order valence-electron chi connectivity index (χ2n) is 2.69. The molecule has 0 spiro atoms. The van der Waals surface area contributed by atoms with Gasteiger partial charge >= 0.3 is 0 Å². The molecule has 0 aromatic heterocycles. The van der Waals surface area contributed by atoms with Crippen LogP contribution in [-0.2, 0) is 4.79 Å². The first-order chi connectivity index (χ1) is 4.25. The van der Waals surface area contributed by atoms with Gasteiger partial charge < -0.3 is 0 Å². The van der Waals surface area contributed by atoms with Crippen molar-refractivity contribution in [3.05, 3.63) is 12.7 Å². The molecule has 0 aromatic rings. The molecule has 2 atom stereocenters. The van der Waals surface area contributed by atoms with E-state index in [1.54, 1.807) is 0 Å². The lowest BCUT2D eigenvalue weighted by atomic mass is 9.98. The first kappa shape index (κ1) is 6.53. The molecule has 9 heavy (non-hydrogen) atoms. The number of allylic oxidation sites excluding steroid dienone is 1. The van der Waals surface area contributed by atoms with E-state index in [9.17, 15) is 4.79 Å². The van der Waals surface area contributed by atoms with Crippen molar-refractivity contribution in [3.63, 3.8) is 0 Å². The largest absolute Gasteiger partial charge is 0.299 e. The molecule has 0 aliphatic heterocycles. The zero-order valence-electron chi connectivity index (χ0n) is 5.76. The van der Waals surface area contributed by atoms with Crippen molar-refractivity contribution in [1.82, 2.24) is 0 Å². The van der Waals surface area contributed by atoms with Crippen molar-refractivity contribution in [2.45, 2.75) is 19.8 Å². The predicted molar refractivity (Wildman–Crippen MR) is 37.1 cm³/mol. The quantitative estimate of drug-likeness (QED) is 0.487. The topological polar surface area (TPSA) is 17.1 Å². The van der Waals surface area contributed by atoms with E-state index in [4.69, 9.17) is 0 Å². The second kappa shape index (κ2) is 2.34. The molecule has 1 aliphatic rings. The van der Waals surface area contributed by atoms with E-state index in [-0.39, 0.29) is 5.92 Å². The van der Waals surface area contributed by atoms with Crippen LogP contribution in [0.2, 0.25) is 0 Å². The van der Waals surface area contributed by atoms with Crippen LogP contribution in [0.15, 0.2) is 12.7 Å². The third kappa shape index (κ3) is 1.04. The molecular weight excluding hydrogens is 112 g/mol. The van der Waals surface area contributed by atoms with E-state index in [2.05, 4.69) is 6.58 Å². The fourth-order valence-corrected chi connectivity index (χ4v) is 1.35. The Kier molecular flexibility index (Phi) is 1.70. The zero-order valence-corrected chi connectivity index (χ0v) is 5.76. The fourth-order valence-electron chi connectivity index (χ4n) is 1.35. The molecule has 1 aliphatic carbocycles. The molecule has 0 bridgehead atoms. The van der Waals surface area contributed by atoms with Gasteiger partial charge in [-0.3, -0.25) is 4.79 Å². The Morgan fingerprint density at radius 3 is 2.67 bits per heavy atom. The summed E-state index contributed by atoms with van der Waals surface area (Å²) in [4.78, 5) is 10.9. The maximum Gasteiger partial charge on any atom is 0.136 e. The average molecular weight is 124 g/mol. The summed E-state index contributed by atoms with van der Waals surface area (Å²) >= 11 is 0. The first-order valence-electron chi connectivity index (χ1n) is 3.41. The number of hydrogen-bond acceptors (Lipinski definition) is 1. The summed E-state index contributed by atoms with van der Waals surface area (Å²) in [5.74, 6) is 1.10. The SMILES string of the molecule is C=C[C@@H]1CCC(=O)C1C. The third-order valence-corrected chi connectivity index (χ3v) is 2.18. The van der Waals surface area contributed by atoms with Crippen LogP contribution < -0.4 is 0 Å². The average Bonchev–Trinajstić information content (AvgIpc) is 2.15. The van der Waals surface area contributed by atoms with Crippen LogP contribution >= 0.6 is 0 Å². The minimum atomic E-state index is 0.238. The Bertz CT molecular complexity index is 138. The highest BCUT2D eigenvalue weighted by Gasteiger charge is 2.27. The summed E-state index contributed by atoms with van der Waals surface area (Å²) in [6.07, 6.45) is 3.68. The van der Waals surface area contributed by atoms with Crippen molar-refractivity contribution in [2.75, 3.05) is 0 Å². The highest BCUT2D eigenvalue weighted by atomic mass is 16.1. The van der Waals surface area contributed by atoms with Gasteiger partial charge in [0.15, 0.2) is 0 Å². The summed E-state index contributed by atoms with van der Waals surface area (Å²) in [6.45, 7) is 5.66. The van der Waals surface area contributed by atoms with E-state index in [0.717, 1.165) is 12.8 Å². The van der Waals surface area contributed by atoms with E-state index in [1.807, 2.05) is 13.0 Å². The highest BCUT2D eigenvalue weighted by Crippen LogP contribution is 2.28. The lowest BCUT2D eigenvalue weighted by molar-refractivity contribution is -0.120. The molecule has 1 heteroatoms. The summed E-state index contributed by atoms with van der Waals surface area (Å²) in [6, 6.07) is 0. The van der Waals surface area contributed by atoms with E-state index < -0.39 is 0 Å². The molecular formula is C8H12O. The number of carbonyl (C=O) groups excluding carboxylic acids is 1. The van der Waals surface area contributed by atoms with Gasteiger partial charge in [0, 0.05) is 12.3 Å². The number of Topliss-reactive ketones (excluding diaryl/α,β-unsaturated/α-hetero) is 1. The molecule has 0 aromatic carbocycles. The molecule has 0 saturated heterocycles. The van der Waals surface area contributed by atoms with Crippen molar-refractivity contribution < 1.29 is 4.79 Å². The summed E-state index contributed by atoms with van der Waals surface area (Å²) in [7, 11) is 0. The Morgan fingerprint density at radius 2 is 2.44 bits per heavy atom. The number of carbonyl (C=O) groups is 1. The summed E-state index contributed by atoms with van der Waals surface area (Å²) in [5.41, 5.74) is 0. The van der Waals surface area contributed by atoms with Crippen molar-refractivity contribution in [1.29, 1.82) is 0 Å². The molecule has 0 heterocycles. The monoisotopic (exact) mass is 124 g/mol. The van der Waals surface area contributed by atoms with E-state index in [0.29, 0.717) is 11.7 Å². The molecule has 1 rings (SSSR count). The normalized spacial score (nSPS) is 35.0.